The van der Waals surface area contributed by atoms with Crippen LogP contribution in [0.25, 0.3) is 0 Å². The van der Waals surface area contributed by atoms with Crippen molar-refractivity contribution in [3.63, 3.8) is 0 Å². The molecule has 1 N–H and O–H groups in total. The van der Waals surface area contributed by atoms with Crippen LogP contribution in [0.5, 0.6) is 0 Å². The Kier molecular flexibility index (Phi) is 4.98. The Bertz CT molecular complexity index is 191. The predicted octanol–water partition coefficient (Wildman–Crippen LogP) is 3.56. The van der Waals surface area contributed by atoms with Gasteiger partial charge < -0.3 is 5.11 Å². The number of hydrogen-bond donors (Lipinski definition) is 1. The lowest BCUT2D eigenvalue weighted by Gasteiger charge is -2.42. The van der Waals surface area contributed by atoms with Crippen LogP contribution in [0.1, 0.15) is 46.5 Å². The van der Waals surface area contributed by atoms with Crippen molar-refractivity contribution >= 4 is 11.8 Å². The molecule has 0 saturated heterocycles. The lowest BCUT2D eigenvalue weighted by molar-refractivity contribution is -0.0136. The first-order chi connectivity index (χ1) is 6.97. The van der Waals surface area contributed by atoms with Gasteiger partial charge in [-0.2, -0.15) is 11.8 Å². The quantitative estimate of drug-likeness (QED) is 0.797. The van der Waals surface area contributed by atoms with Gasteiger partial charge in [0.25, 0.3) is 0 Å². The average Bonchev–Trinajstić information content (AvgIpc) is 2.14. The minimum atomic E-state index is -0.0643. The van der Waals surface area contributed by atoms with Crippen LogP contribution in [0, 0.1) is 17.3 Å². The van der Waals surface area contributed by atoms with Gasteiger partial charge in [-0.15, -0.1) is 0 Å². The smallest absolute Gasteiger partial charge is 0.0576 e. The number of aliphatic hydroxyl groups excluding tert-OH is 1. The number of rotatable bonds is 4. The fraction of sp³-hybridized carbons (Fsp3) is 1.00. The van der Waals surface area contributed by atoms with E-state index in [1.807, 2.05) is 11.8 Å². The van der Waals surface area contributed by atoms with E-state index in [-0.39, 0.29) is 6.10 Å². The first-order valence-electron chi connectivity index (χ1n) is 6.14. The molecule has 0 aromatic carbocycles. The van der Waals surface area contributed by atoms with Crippen LogP contribution in [0.4, 0.5) is 0 Å². The molecule has 3 unspecified atom stereocenters. The van der Waals surface area contributed by atoms with Gasteiger partial charge in [-0.3, -0.25) is 0 Å². The minimum absolute atomic E-state index is 0.0643. The summed E-state index contributed by atoms with van der Waals surface area (Å²) in [5, 5.41) is 10.2. The van der Waals surface area contributed by atoms with E-state index < -0.39 is 0 Å². The highest BCUT2D eigenvalue weighted by Crippen LogP contribution is 2.42. The van der Waals surface area contributed by atoms with Gasteiger partial charge in [0.05, 0.1) is 6.10 Å². The molecule has 0 bridgehead atoms. The standard InChI is InChI=1S/C13H26OS/c1-10-5-6-11(12(14)9-10)13(2,3)7-8-15-4/h10-12,14H,5-9H2,1-4H3. The molecule has 1 saturated carbocycles. The second kappa shape index (κ2) is 5.58. The SMILES string of the molecule is CSCCC(C)(C)C1CCC(C)CC1O. The maximum absolute atomic E-state index is 10.2. The molecule has 2 heteroatoms. The molecule has 0 spiro atoms. The highest BCUT2D eigenvalue weighted by molar-refractivity contribution is 7.98. The van der Waals surface area contributed by atoms with Gasteiger partial charge in [0.1, 0.15) is 0 Å². The predicted molar refractivity (Wildman–Crippen MR) is 69.3 cm³/mol. The van der Waals surface area contributed by atoms with Crippen LogP contribution < -0.4 is 0 Å². The Labute approximate surface area is 99.0 Å². The first kappa shape index (κ1) is 13.4. The van der Waals surface area contributed by atoms with Crippen molar-refractivity contribution in [1.82, 2.24) is 0 Å². The fourth-order valence-electron chi connectivity index (χ4n) is 2.81. The first-order valence-corrected chi connectivity index (χ1v) is 7.53. The minimum Gasteiger partial charge on any atom is -0.393 e. The van der Waals surface area contributed by atoms with E-state index >= 15 is 0 Å². The Morgan fingerprint density at radius 3 is 2.53 bits per heavy atom. The molecule has 90 valence electrons. The average molecular weight is 230 g/mol. The van der Waals surface area contributed by atoms with Gasteiger partial charge in [-0.05, 0) is 48.5 Å². The second-order valence-electron chi connectivity index (χ2n) is 5.82. The molecule has 1 rings (SSSR count). The maximum atomic E-state index is 10.2. The summed E-state index contributed by atoms with van der Waals surface area (Å²) in [7, 11) is 0. The van der Waals surface area contributed by atoms with Crippen molar-refractivity contribution in [2.75, 3.05) is 12.0 Å². The van der Waals surface area contributed by atoms with Crippen LogP contribution in [0.2, 0.25) is 0 Å². The summed E-state index contributed by atoms with van der Waals surface area (Å²) in [6.07, 6.45) is 6.84. The van der Waals surface area contributed by atoms with E-state index in [4.69, 9.17) is 0 Å². The summed E-state index contributed by atoms with van der Waals surface area (Å²) in [5.41, 5.74) is 0.308. The zero-order chi connectivity index (χ0) is 11.5. The molecular formula is C13H26OS. The van der Waals surface area contributed by atoms with Gasteiger partial charge in [-0.25, -0.2) is 0 Å². The highest BCUT2D eigenvalue weighted by atomic mass is 32.2. The van der Waals surface area contributed by atoms with Crippen molar-refractivity contribution < 1.29 is 5.11 Å². The van der Waals surface area contributed by atoms with Gasteiger partial charge in [0, 0.05) is 0 Å². The van der Waals surface area contributed by atoms with Gasteiger partial charge in [0.15, 0.2) is 0 Å². The molecular weight excluding hydrogens is 204 g/mol. The zero-order valence-electron chi connectivity index (χ0n) is 10.6. The van der Waals surface area contributed by atoms with Crippen molar-refractivity contribution in [1.29, 1.82) is 0 Å². The third-order valence-electron chi connectivity index (χ3n) is 4.03. The van der Waals surface area contributed by atoms with Crippen LogP contribution in [0.3, 0.4) is 0 Å². The van der Waals surface area contributed by atoms with E-state index in [0.29, 0.717) is 17.3 Å². The molecule has 1 aliphatic carbocycles. The molecule has 0 aromatic heterocycles. The third kappa shape index (κ3) is 3.67. The lowest BCUT2D eigenvalue weighted by atomic mass is 9.66. The van der Waals surface area contributed by atoms with Crippen LogP contribution >= 0.6 is 11.8 Å². The normalized spacial score (nSPS) is 33.0. The summed E-state index contributed by atoms with van der Waals surface area (Å²) < 4.78 is 0. The van der Waals surface area contributed by atoms with E-state index in [0.717, 1.165) is 6.42 Å². The summed E-state index contributed by atoms with van der Waals surface area (Å²) in [4.78, 5) is 0. The Balaban J connectivity index is 2.53. The topological polar surface area (TPSA) is 20.2 Å². The van der Waals surface area contributed by atoms with Gasteiger partial charge in [-0.1, -0.05) is 27.2 Å². The summed E-state index contributed by atoms with van der Waals surface area (Å²) in [5.74, 6) is 2.44. The van der Waals surface area contributed by atoms with Crippen molar-refractivity contribution in [3.05, 3.63) is 0 Å². The summed E-state index contributed by atoms with van der Waals surface area (Å²) in [6.45, 7) is 6.91. The monoisotopic (exact) mass is 230 g/mol. The molecule has 1 fully saturated rings. The van der Waals surface area contributed by atoms with E-state index in [1.54, 1.807) is 0 Å². The second-order valence-corrected chi connectivity index (χ2v) is 6.81. The van der Waals surface area contributed by atoms with Gasteiger partial charge >= 0.3 is 0 Å². The van der Waals surface area contributed by atoms with Crippen molar-refractivity contribution in [2.24, 2.45) is 17.3 Å². The Morgan fingerprint density at radius 1 is 1.33 bits per heavy atom. The Hall–Kier alpha value is 0.310. The molecule has 0 aromatic rings. The largest absolute Gasteiger partial charge is 0.393 e. The van der Waals surface area contributed by atoms with Crippen molar-refractivity contribution in [2.45, 2.75) is 52.6 Å². The molecule has 3 atom stereocenters. The molecule has 0 radical (unpaired) electrons. The summed E-state index contributed by atoms with van der Waals surface area (Å²) >= 11 is 1.91. The number of thioether (sulfide) groups is 1. The maximum Gasteiger partial charge on any atom is 0.0576 e. The zero-order valence-corrected chi connectivity index (χ0v) is 11.4. The number of aliphatic hydroxyl groups is 1. The molecule has 1 aliphatic rings. The fourth-order valence-corrected chi connectivity index (χ4v) is 3.54. The Morgan fingerprint density at radius 2 is 2.00 bits per heavy atom. The van der Waals surface area contributed by atoms with E-state index in [1.165, 1.54) is 25.0 Å². The van der Waals surface area contributed by atoms with E-state index in [2.05, 4.69) is 27.0 Å². The van der Waals surface area contributed by atoms with Crippen LogP contribution in [-0.2, 0) is 0 Å². The third-order valence-corrected chi connectivity index (χ3v) is 4.65. The molecule has 0 amide bonds. The summed E-state index contributed by atoms with van der Waals surface area (Å²) in [6, 6.07) is 0. The van der Waals surface area contributed by atoms with Crippen molar-refractivity contribution in [3.8, 4) is 0 Å². The molecule has 15 heavy (non-hydrogen) atoms. The van der Waals surface area contributed by atoms with Crippen LogP contribution in [-0.4, -0.2) is 23.2 Å². The molecule has 0 aliphatic heterocycles. The van der Waals surface area contributed by atoms with Gasteiger partial charge in [0.2, 0.25) is 0 Å². The highest BCUT2D eigenvalue weighted by Gasteiger charge is 2.37. The lowest BCUT2D eigenvalue weighted by Crippen LogP contribution is -2.38. The van der Waals surface area contributed by atoms with Crippen LogP contribution in [0.15, 0.2) is 0 Å². The van der Waals surface area contributed by atoms with E-state index in [9.17, 15) is 5.11 Å². The number of hydrogen-bond acceptors (Lipinski definition) is 2. The molecule has 0 heterocycles. The molecule has 1 nitrogen and oxygen atoms in total.